The Balaban J connectivity index is 2.75. The Morgan fingerprint density at radius 1 is 1.24 bits per heavy atom. The van der Waals surface area contributed by atoms with Gasteiger partial charge in [-0.1, -0.05) is 30.1 Å². The number of thioether (sulfide) groups is 1. The third-order valence-corrected chi connectivity index (χ3v) is 5.05. The maximum atomic E-state index is 13.1. The highest BCUT2D eigenvalue weighted by molar-refractivity contribution is 8.04. The molecule has 1 heterocycles. The van der Waals surface area contributed by atoms with Crippen LogP contribution in [0.5, 0.6) is 0 Å². The molecule has 156 valence electrons. The van der Waals surface area contributed by atoms with Crippen LogP contribution in [0.2, 0.25) is 10.0 Å². The minimum absolute atomic E-state index is 0.121. The van der Waals surface area contributed by atoms with Gasteiger partial charge in [-0.2, -0.15) is 36.7 Å². The standard InChI is InChI=1S/C15H8Cl2F6N4OS/c1-2-9(28)25-12-11(29-15(21,22)23)13(5-24,27-26-12)10-7(16)3-6(4-8(10)17)14(18,19)20/h3-4H,2H2,1H3,(H,25,28). The number of benzene rings is 1. The molecule has 1 aromatic carbocycles. The van der Waals surface area contributed by atoms with Gasteiger partial charge in [0, 0.05) is 22.0 Å². The van der Waals surface area contributed by atoms with Crippen molar-refractivity contribution in [3.8, 4) is 6.07 Å². The maximum absolute atomic E-state index is 13.1. The molecule has 0 saturated heterocycles. The third kappa shape index (κ3) is 4.79. The number of nitriles is 1. The second kappa shape index (κ2) is 8.04. The molecule has 0 aromatic heterocycles. The molecule has 1 aliphatic heterocycles. The van der Waals surface area contributed by atoms with Crippen LogP contribution in [0.1, 0.15) is 24.5 Å². The summed E-state index contributed by atoms with van der Waals surface area (Å²) in [4.78, 5) is 10.7. The Hall–Kier alpha value is -1.97. The van der Waals surface area contributed by atoms with Crippen molar-refractivity contribution in [2.45, 2.75) is 30.6 Å². The van der Waals surface area contributed by atoms with Crippen LogP contribution in [0.3, 0.4) is 0 Å². The maximum Gasteiger partial charge on any atom is 0.446 e. The van der Waals surface area contributed by atoms with E-state index >= 15 is 0 Å². The Morgan fingerprint density at radius 3 is 2.21 bits per heavy atom. The lowest BCUT2D eigenvalue weighted by Gasteiger charge is -2.24. The molecule has 5 nitrogen and oxygen atoms in total. The molecule has 0 radical (unpaired) electrons. The van der Waals surface area contributed by atoms with Crippen LogP contribution in [0, 0.1) is 11.3 Å². The van der Waals surface area contributed by atoms with Gasteiger partial charge in [-0.25, -0.2) is 0 Å². The second-order valence-electron chi connectivity index (χ2n) is 5.46. The molecule has 0 spiro atoms. The molecule has 1 unspecified atom stereocenters. The van der Waals surface area contributed by atoms with Gasteiger partial charge >= 0.3 is 11.7 Å². The van der Waals surface area contributed by atoms with Crippen LogP contribution in [-0.2, 0) is 16.5 Å². The van der Waals surface area contributed by atoms with E-state index < -0.39 is 66.8 Å². The quantitative estimate of drug-likeness (QED) is 0.529. The summed E-state index contributed by atoms with van der Waals surface area (Å²) in [7, 11) is 0. The number of rotatable bonds is 4. The van der Waals surface area contributed by atoms with Crippen LogP contribution in [0.15, 0.2) is 33.1 Å². The summed E-state index contributed by atoms with van der Waals surface area (Å²) in [6, 6.07) is 2.31. The molecular weight excluding hydrogens is 469 g/mol. The van der Waals surface area contributed by atoms with Crippen molar-refractivity contribution in [3.05, 3.63) is 44.0 Å². The molecule has 1 aromatic rings. The summed E-state index contributed by atoms with van der Waals surface area (Å²) in [5.74, 6) is -1.40. The number of carbonyl (C=O) groups excluding carboxylic acids is 1. The molecule has 0 aliphatic carbocycles. The first kappa shape index (κ1) is 23.3. The summed E-state index contributed by atoms with van der Waals surface area (Å²) in [6.07, 6.45) is -4.97. The number of halogens is 8. The van der Waals surface area contributed by atoms with Crippen molar-refractivity contribution in [1.29, 1.82) is 5.26 Å². The van der Waals surface area contributed by atoms with E-state index in [1.54, 1.807) is 0 Å². The number of hydrogen-bond acceptors (Lipinski definition) is 5. The predicted molar refractivity (Wildman–Crippen MR) is 92.7 cm³/mol. The average molecular weight is 477 g/mol. The zero-order chi connectivity index (χ0) is 22.2. The van der Waals surface area contributed by atoms with E-state index in [9.17, 15) is 36.4 Å². The van der Waals surface area contributed by atoms with Crippen LogP contribution >= 0.6 is 35.0 Å². The summed E-state index contributed by atoms with van der Waals surface area (Å²) in [6.45, 7) is 1.42. The smallest absolute Gasteiger partial charge is 0.308 e. The van der Waals surface area contributed by atoms with E-state index in [0.717, 1.165) is 0 Å². The number of alkyl halides is 6. The third-order valence-electron chi connectivity index (χ3n) is 3.53. The van der Waals surface area contributed by atoms with Crippen molar-refractivity contribution in [2.75, 3.05) is 0 Å². The molecule has 0 bridgehead atoms. The van der Waals surface area contributed by atoms with Crippen molar-refractivity contribution < 1.29 is 31.1 Å². The molecule has 0 saturated carbocycles. The van der Waals surface area contributed by atoms with Crippen molar-refractivity contribution in [2.24, 2.45) is 10.2 Å². The van der Waals surface area contributed by atoms with Crippen LogP contribution < -0.4 is 5.32 Å². The molecule has 29 heavy (non-hydrogen) atoms. The highest BCUT2D eigenvalue weighted by Gasteiger charge is 2.51. The van der Waals surface area contributed by atoms with Crippen LogP contribution in [0.4, 0.5) is 26.3 Å². The fraction of sp³-hybridized carbons (Fsp3) is 0.333. The normalized spacial score (nSPS) is 19.4. The largest absolute Gasteiger partial charge is 0.446 e. The Kier molecular flexibility index (Phi) is 6.46. The van der Waals surface area contributed by atoms with Gasteiger partial charge < -0.3 is 5.32 Å². The minimum atomic E-state index is -4.94. The Morgan fingerprint density at radius 2 is 1.79 bits per heavy atom. The topological polar surface area (TPSA) is 77.6 Å². The monoisotopic (exact) mass is 476 g/mol. The highest BCUT2D eigenvalue weighted by atomic mass is 35.5. The van der Waals surface area contributed by atoms with E-state index in [4.69, 9.17) is 23.2 Å². The van der Waals surface area contributed by atoms with Gasteiger partial charge in [-0.3, -0.25) is 4.79 Å². The van der Waals surface area contributed by atoms with Gasteiger partial charge in [0.25, 0.3) is 0 Å². The molecule has 0 fully saturated rings. The van der Waals surface area contributed by atoms with E-state index in [1.807, 2.05) is 0 Å². The van der Waals surface area contributed by atoms with Gasteiger partial charge in [0.05, 0.1) is 10.5 Å². The molecule has 1 N–H and O–H groups in total. The van der Waals surface area contributed by atoms with Gasteiger partial charge in [0.15, 0.2) is 5.82 Å². The Labute approximate surface area is 173 Å². The van der Waals surface area contributed by atoms with Gasteiger partial charge in [-0.15, -0.1) is 5.11 Å². The van der Waals surface area contributed by atoms with Crippen molar-refractivity contribution in [1.82, 2.24) is 5.32 Å². The van der Waals surface area contributed by atoms with Gasteiger partial charge in [0.2, 0.25) is 11.4 Å². The molecule has 2 rings (SSSR count). The zero-order valence-electron chi connectivity index (χ0n) is 14.0. The lowest BCUT2D eigenvalue weighted by molar-refractivity contribution is -0.137. The summed E-state index contributed by atoms with van der Waals surface area (Å²) in [5, 5.41) is 17.2. The van der Waals surface area contributed by atoms with E-state index in [1.165, 1.54) is 13.0 Å². The van der Waals surface area contributed by atoms with Gasteiger partial charge in [0.1, 0.15) is 6.07 Å². The molecule has 14 heteroatoms. The average Bonchev–Trinajstić information content (AvgIpc) is 2.90. The molecule has 1 atom stereocenters. The zero-order valence-corrected chi connectivity index (χ0v) is 16.4. The second-order valence-corrected chi connectivity index (χ2v) is 7.35. The van der Waals surface area contributed by atoms with Crippen molar-refractivity contribution >= 4 is 40.9 Å². The lowest BCUT2D eigenvalue weighted by Crippen LogP contribution is -2.28. The first-order valence-electron chi connectivity index (χ1n) is 7.46. The number of amides is 1. The van der Waals surface area contributed by atoms with Crippen molar-refractivity contribution in [3.63, 3.8) is 0 Å². The fourth-order valence-corrected chi connectivity index (χ4v) is 3.82. The summed E-state index contributed by atoms with van der Waals surface area (Å²) in [5.41, 5.74) is -9.44. The number of azo groups is 1. The first-order valence-corrected chi connectivity index (χ1v) is 9.03. The fourth-order valence-electron chi connectivity index (χ4n) is 2.30. The summed E-state index contributed by atoms with van der Waals surface area (Å²) >= 11 is 10.9. The summed E-state index contributed by atoms with van der Waals surface area (Å²) < 4.78 is 78.2. The number of nitrogens with one attached hydrogen (secondary N) is 1. The number of carbonyl (C=O) groups is 1. The van der Waals surface area contributed by atoms with Crippen LogP contribution in [-0.4, -0.2) is 11.4 Å². The molecule has 1 amide bonds. The van der Waals surface area contributed by atoms with Gasteiger partial charge in [-0.05, 0) is 23.9 Å². The first-order chi connectivity index (χ1) is 13.2. The van der Waals surface area contributed by atoms with E-state index in [-0.39, 0.29) is 6.42 Å². The van der Waals surface area contributed by atoms with E-state index in [0.29, 0.717) is 12.1 Å². The SMILES string of the molecule is CCC(=O)NC1=C(SC(F)(F)F)C(C#N)(c2c(Cl)cc(C(F)(F)F)cc2Cl)N=N1. The molecular formula is C15H8Cl2F6N4OS. The van der Waals surface area contributed by atoms with Crippen LogP contribution in [0.25, 0.3) is 0 Å². The highest BCUT2D eigenvalue weighted by Crippen LogP contribution is 2.54. The Bertz CT molecular complexity index is 931. The minimum Gasteiger partial charge on any atom is -0.308 e. The molecule has 1 aliphatic rings. The number of nitrogens with zero attached hydrogens (tertiary/aromatic N) is 3. The van der Waals surface area contributed by atoms with E-state index in [2.05, 4.69) is 15.5 Å². The predicted octanol–water partition coefficient (Wildman–Crippen LogP) is 6.15. The number of hydrogen-bond donors (Lipinski definition) is 1. The lowest BCUT2D eigenvalue weighted by atomic mass is 9.91.